The van der Waals surface area contributed by atoms with Crippen molar-refractivity contribution >= 4 is 37.5 Å². The molecule has 0 aliphatic rings. The largest absolute Gasteiger partial charge is 0.495 e. The second-order valence-electron chi connectivity index (χ2n) is 3.49. The molecule has 18 heavy (non-hydrogen) atoms. The van der Waals surface area contributed by atoms with Crippen LogP contribution in [0.3, 0.4) is 0 Å². The van der Waals surface area contributed by atoms with E-state index in [4.69, 9.17) is 4.74 Å². The van der Waals surface area contributed by atoms with Crippen molar-refractivity contribution in [2.45, 2.75) is 6.54 Å². The van der Waals surface area contributed by atoms with Crippen LogP contribution in [-0.2, 0) is 6.54 Å². The summed E-state index contributed by atoms with van der Waals surface area (Å²) in [7, 11) is 1.64. The first-order valence-electron chi connectivity index (χ1n) is 5.23. The average molecular weight is 373 g/mol. The van der Waals surface area contributed by atoms with E-state index in [1.54, 1.807) is 25.6 Å². The van der Waals surface area contributed by atoms with Crippen LogP contribution in [0, 0.1) is 0 Å². The molecule has 6 heteroatoms. The lowest BCUT2D eigenvalue weighted by Crippen LogP contribution is -2.04. The van der Waals surface area contributed by atoms with E-state index in [2.05, 4.69) is 47.1 Å². The summed E-state index contributed by atoms with van der Waals surface area (Å²) in [6.45, 7) is 0.560. The van der Waals surface area contributed by atoms with Crippen LogP contribution >= 0.6 is 31.9 Å². The molecule has 1 heterocycles. The normalized spacial score (nSPS) is 10.2. The van der Waals surface area contributed by atoms with Gasteiger partial charge in [0.05, 0.1) is 23.8 Å². The van der Waals surface area contributed by atoms with Crippen LogP contribution in [0.15, 0.2) is 39.5 Å². The molecule has 0 saturated heterocycles. The first-order valence-corrected chi connectivity index (χ1v) is 6.82. The van der Waals surface area contributed by atoms with Gasteiger partial charge in [0.25, 0.3) is 0 Å². The summed E-state index contributed by atoms with van der Waals surface area (Å²) in [4.78, 5) is 8.31. The Bertz CT molecular complexity index is 534. The van der Waals surface area contributed by atoms with E-state index in [1.165, 1.54) is 0 Å². The minimum atomic E-state index is 0.560. The Morgan fingerprint density at radius 2 is 1.89 bits per heavy atom. The van der Waals surface area contributed by atoms with Crippen LogP contribution in [0.25, 0.3) is 0 Å². The van der Waals surface area contributed by atoms with E-state index < -0.39 is 0 Å². The second-order valence-corrected chi connectivity index (χ2v) is 5.19. The summed E-state index contributed by atoms with van der Waals surface area (Å²) in [5, 5.41) is 3.26. The van der Waals surface area contributed by atoms with Crippen LogP contribution < -0.4 is 10.1 Å². The number of benzene rings is 1. The lowest BCUT2D eigenvalue weighted by molar-refractivity contribution is 0.412. The van der Waals surface area contributed by atoms with Crippen molar-refractivity contribution in [1.29, 1.82) is 0 Å². The van der Waals surface area contributed by atoms with Gasteiger partial charge >= 0.3 is 0 Å². The van der Waals surface area contributed by atoms with Crippen molar-refractivity contribution < 1.29 is 4.74 Å². The summed E-state index contributed by atoms with van der Waals surface area (Å²) in [5.41, 5.74) is 0.933. The molecule has 1 N–H and O–H groups in total. The van der Waals surface area contributed by atoms with E-state index in [-0.39, 0.29) is 0 Å². The molecule has 0 unspecified atom stereocenters. The van der Waals surface area contributed by atoms with Gasteiger partial charge < -0.3 is 10.1 Å². The van der Waals surface area contributed by atoms with E-state index >= 15 is 0 Å². The average Bonchev–Trinajstić information content (AvgIpc) is 2.39. The van der Waals surface area contributed by atoms with Crippen LogP contribution in [-0.4, -0.2) is 17.1 Å². The van der Waals surface area contributed by atoms with Crippen molar-refractivity contribution in [3.05, 3.63) is 45.4 Å². The minimum absolute atomic E-state index is 0.560. The number of hydrogen-bond acceptors (Lipinski definition) is 4. The van der Waals surface area contributed by atoms with Gasteiger partial charge in [-0.2, -0.15) is 0 Å². The standard InChI is InChI=1S/C12H11Br2N3O/c1-18-11-6-10(8(13)5-9(11)14)17-7-12-15-3-2-4-16-12/h2-6,17H,7H2,1H3. The van der Waals surface area contributed by atoms with E-state index in [9.17, 15) is 0 Å². The first-order chi connectivity index (χ1) is 8.70. The Balaban J connectivity index is 2.14. The molecule has 2 aromatic rings. The fourth-order valence-electron chi connectivity index (χ4n) is 1.42. The molecule has 1 aromatic carbocycles. The summed E-state index contributed by atoms with van der Waals surface area (Å²) >= 11 is 6.93. The highest BCUT2D eigenvalue weighted by molar-refractivity contribution is 9.11. The Morgan fingerprint density at radius 3 is 2.56 bits per heavy atom. The number of nitrogens with one attached hydrogen (secondary N) is 1. The molecule has 0 aliphatic heterocycles. The molecule has 0 fully saturated rings. The number of aromatic nitrogens is 2. The number of ether oxygens (including phenoxy) is 1. The highest BCUT2D eigenvalue weighted by atomic mass is 79.9. The zero-order valence-electron chi connectivity index (χ0n) is 9.65. The molecule has 0 amide bonds. The number of halogens is 2. The van der Waals surface area contributed by atoms with Crippen molar-refractivity contribution in [2.75, 3.05) is 12.4 Å². The zero-order chi connectivity index (χ0) is 13.0. The van der Waals surface area contributed by atoms with Gasteiger partial charge in [-0.3, -0.25) is 0 Å². The maximum absolute atomic E-state index is 5.25. The molecular formula is C12H11Br2N3O. The molecule has 0 spiro atoms. The molecular weight excluding hydrogens is 362 g/mol. The van der Waals surface area contributed by atoms with Crippen LogP contribution in [0.2, 0.25) is 0 Å². The fraction of sp³-hybridized carbons (Fsp3) is 0.167. The van der Waals surface area contributed by atoms with E-state index in [1.807, 2.05) is 12.1 Å². The van der Waals surface area contributed by atoms with Crippen LogP contribution in [0.5, 0.6) is 5.75 Å². The highest BCUT2D eigenvalue weighted by Crippen LogP contribution is 2.34. The Kier molecular flexibility index (Phi) is 4.54. The molecule has 2 rings (SSSR count). The van der Waals surface area contributed by atoms with Gasteiger partial charge in [-0.05, 0) is 44.0 Å². The van der Waals surface area contributed by atoms with Gasteiger partial charge in [-0.1, -0.05) is 0 Å². The first kappa shape index (κ1) is 13.3. The predicted molar refractivity (Wildman–Crippen MR) is 77.8 cm³/mol. The molecule has 0 bridgehead atoms. The zero-order valence-corrected chi connectivity index (χ0v) is 12.8. The minimum Gasteiger partial charge on any atom is -0.495 e. The topological polar surface area (TPSA) is 47.0 Å². The molecule has 0 radical (unpaired) electrons. The fourth-order valence-corrected chi connectivity index (χ4v) is 2.71. The van der Waals surface area contributed by atoms with Gasteiger partial charge in [0.2, 0.25) is 0 Å². The van der Waals surface area contributed by atoms with Crippen molar-refractivity contribution in [3.63, 3.8) is 0 Å². The molecule has 4 nitrogen and oxygen atoms in total. The monoisotopic (exact) mass is 371 g/mol. The number of rotatable bonds is 4. The summed E-state index contributed by atoms with van der Waals surface area (Å²) in [5.74, 6) is 1.51. The van der Waals surface area contributed by atoms with Crippen LogP contribution in [0.4, 0.5) is 5.69 Å². The molecule has 0 aliphatic carbocycles. The molecule has 1 aromatic heterocycles. The maximum Gasteiger partial charge on any atom is 0.147 e. The number of anilines is 1. The Hall–Kier alpha value is -1.14. The van der Waals surface area contributed by atoms with Gasteiger partial charge in [-0.25, -0.2) is 9.97 Å². The van der Waals surface area contributed by atoms with E-state index in [0.717, 1.165) is 26.2 Å². The SMILES string of the molecule is COc1cc(NCc2ncccn2)c(Br)cc1Br. The van der Waals surface area contributed by atoms with Crippen molar-refractivity contribution in [2.24, 2.45) is 0 Å². The van der Waals surface area contributed by atoms with Crippen molar-refractivity contribution in [1.82, 2.24) is 9.97 Å². The summed E-state index contributed by atoms with van der Waals surface area (Å²) < 4.78 is 7.11. The van der Waals surface area contributed by atoms with Gasteiger partial charge in [0, 0.05) is 22.9 Å². The van der Waals surface area contributed by atoms with Crippen LogP contribution in [0.1, 0.15) is 5.82 Å². The quantitative estimate of drug-likeness (QED) is 0.890. The third kappa shape index (κ3) is 3.20. The second kappa shape index (κ2) is 6.15. The van der Waals surface area contributed by atoms with E-state index in [0.29, 0.717) is 6.54 Å². The predicted octanol–water partition coefficient (Wildman–Crippen LogP) is 3.62. The lowest BCUT2D eigenvalue weighted by atomic mass is 10.3. The third-order valence-corrected chi connectivity index (χ3v) is 3.57. The number of nitrogens with zero attached hydrogens (tertiary/aromatic N) is 2. The molecule has 94 valence electrons. The summed E-state index contributed by atoms with van der Waals surface area (Å²) in [6, 6.07) is 5.65. The van der Waals surface area contributed by atoms with Gasteiger partial charge in [0.15, 0.2) is 0 Å². The lowest BCUT2D eigenvalue weighted by Gasteiger charge is -2.11. The van der Waals surface area contributed by atoms with Gasteiger partial charge in [0.1, 0.15) is 11.6 Å². The molecule has 0 atom stereocenters. The third-order valence-electron chi connectivity index (χ3n) is 2.30. The van der Waals surface area contributed by atoms with Gasteiger partial charge in [-0.15, -0.1) is 0 Å². The summed E-state index contributed by atoms with van der Waals surface area (Å²) in [6.07, 6.45) is 3.45. The maximum atomic E-state index is 5.25. The van der Waals surface area contributed by atoms with Crippen molar-refractivity contribution in [3.8, 4) is 5.75 Å². The number of hydrogen-bond donors (Lipinski definition) is 1. The molecule has 0 saturated carbocycles. The Labute approximate surface area is 122 Å². The smallest absolute Gasteiger partial charge is 0.147 e. The Morgan fingerprint density at radius 1 is 1.17 bits per heavy atom. The number of methoxy groups -OCH3 is 1. The highest BCUT2D eigenvalue weighted by Gasteiger charge is 2.07.